The first-order valence-electron chi connectivity index (χ1n) is 10.2. The van der Waals surface area contributed by atoms with Crippen LogP contribution in [-0.2, 0) is 0 Å². The molecular weight excluding hydrogens is 284 g/mol. The summed E-state index contributed by atoms with van der Waals surface area (Å²) in [6.45, 7) is 9.39. The first-order chi connectivity index (χ1) is 11.1. The Hall–Kier alpha value is -0.120. The fourth-order valence-electron chi connectivity index (χ4n) is 4.18. The van der Waals surface area contributed by atoms with E-state index in [0.717, 1.165) is 6.54 Å². The zero-order valence-electron chi connectivity index (χ0n) is 16.0. The second-order valence-electron chi connectivity index (χ2n) is 7.72. The zero-order valence-corrected chi connectivity index (χ0v) is 16.0. The monoisotopic (exact) mass is 326 g/mol. The molecular formula is C20H42N2O. The van der Waals surface area contributed by atoms with E-state index >= 15 is 0 Å². The average Bonchev–Trinajstić information content (AvgIpc) is 2.85. The van der Waals surface area contributed by atoms with Crippen molar-refractivity contribution in [1.29, 1.82) is 0 Å². The van der Waals surface area contributed by atoms with Crippen LogP contribution in [0.2, 0.25) is 0 Å². The Morgan fingerprint density at radius 3 is 1.96 bits per heavy atom. The highest BCUT2D eigenvalue weighted by Crippen LogP contribution is 2.31. The van der Waals surface area contributed by atoms with Gasteiger partial charge in [0.25, 0.3) is 0 Å². The van der Waals surface area contributed by atoms with E-state index in [1.807, 2.05) is 6.92 Å². The number of likely N-dealkylation sites (tertiary alicyclic amines) is 1. The topological polar surface area (TPSA) is 49.5 Å². The van der Waals surface area contributed by atoms with Crippen molar-refractivity contribution in [3.05, 3.63) is 0 Å². The molecule has 0 spiro atoms. The molecule has 0 saturated carbocycles. The van der Waals surface area contributed by atoms with Crippen LogP contribution in [0.15, 0.2) is 0 Å². The minimum Gasteiger partial charge on any atom is -0.393 e. The molecule has 0 aromatic rings. The van der Waals surface area contributed by atoms with Gasteiger partial charge in [-0.2, -0.15) is 0 Å². The van der Waals surface area contributed by atoms with E-state index in [4.69, 9.17) is 5.73 Å². The first-order valence-corrected chi connectivity index (χ1v) is 10.2. The number of rotatable bonds is 13. The van der Waals surface area contributed by atoms with Crippen molar-refractivity contribution in [1.82, 2.24) is 4.90 Å². The van der Waals surface area contributed by atoms with Crippen molar-refractivity contribution in [3.8, 4) is 0 Å². The third-order valence-corrected chi connectivity index (χ3v) is 5.88. The van der Waals surface area contributed by atoms with Gasteiger partial charge in [-0.1, -0.05) is 64.7 Å². The first kappa shape index (κ1) is 20.9. The van der Waals surface area contributed by atoms with Gasteiger partial charge in [0, 0.05) is 18.5 Å². The van der Waals surface area contributed by atoms with Gasteiger partial charge < -0.3 is 10.8 Å². The Labute approximate surface area is 145 Å². The maximum Gasteiger partial charge on any atom is 0.0556 e. The standard InChI is InChI=1S/C20H42N2O/c1-4-5-6-7-8-9-10-11-12-13-14-22-16-20(18(3)23)19(15-21)17(22)2/h17-20,23H,4-16,21H2,1-3H3. The third-order valence-electron chi connectivity index (χ3n) is 5.88. The third kappa shape index (κ3) is 7.53. The molecule has 1 saturated heterocycles. The fraction of sp³-hybridized carbons (Fsp3) is 1.00. The zero-order chi connectivity index (χ0) is 17.1. The molecule has 23 heavy (non-hydrogen) atoms. The highest BCUT2D eigenvalue weighted by molar-refractivity contribution is 4.93. The van der Waals surface area contributed by atoms with Gasteiger partial charge in [0.05, 0.1) is 6.10 Å². The van der Waals surface area contributed by atoms with Gasteiger partial charge >= 0.3 is 0 Å². The second kappa shape index (κ2) is 12.3. The van der Waals surface area contributed by atoms with Gasteiger partial charge in [0.2, 0.25) is 0 Å². The molecule has 138 valence electrons. The molecule has 3 heteroatoms. The normalized spacial score (nSPS) is 26.7. The summed E-state index contributed by atoms with van der Waals surface area (Å²) in [4.78, 5) is 2.56. The van der Waals surface area contributed by atoms with Crippen LogP contribution in [-0.4, -0.2) is 41.8 Å². The SMILES string of the molecule is CCCCCCCCCCCCN1CC(C(C)O)C(CN)C1C. The molecule has 0 bridgehead atoms. The van der Waals surface area contributed by atoms with Gasteiger partial charge in [-0.05, 0) is 39.3 Å². The molecule has 1 aliphatic heterocycles. The van der Waals surface area contributed by atoms with Gasteiger partial charge in [0.1, 0.15) is 0 Å². The minimum atomic E-state index is -0.233. The minimum absolute atomic E-state index is 0.233. The maximum absolute atomic E-state index is 9.95. The number of aliphatic hydroxyl groups is 1. The molecule has 3 N–H and O–H groups in total. The highest BCUT2D eigenvalue weighted by atomic mass is 16.3. The molecule has 1 rings (SSSR count). The molecule has 0 aromatic heterocycles. The largest absolute Gasteiger partial charge is 0.393 e. The summed E-state index contributed by atoms with van der Waals surface area (Å²) in [5.74, 6) is 0.816. The number of hydrogen-bond acceptors (Lipinski definition) is 3. The number of nitrogens with zero attached hydrogens (tertiary/aromatic N) is 1. The van der Waals surface area contributed by atoms with Crippen LogP contribution in [0, 0.1) is 11.8 Å². The van der Waals surface area contributed by atoms with E-state index in [1.54, 1.807) is 0 Å². The molecule has 1 heterocycles. The van der Waals surface area contributed by atoms with Crippen LogP contribution in [0.4, 0.5) is 0 Å². The van der Waals surface area contributed by atoms with E-state index in [0.29, 0.717) is 24.4 Å². The Kier molecular flexibility index (Phi) is 11.2. The van der Waals surface area contributed by atoms with Crippen LogP contribution >= 0.6 is 0 Å². The Morgan fingerprint density at radius 2 is 1.52 bits per heavy atom. The van der Waals surface area contributed by atoms with Crippen molar-refractivity contribution in [3.63, 3.8) is 0 Å². The van der Waals surface area contributed by atoms with Gasteiger partial charge in [-0.25, -0.2) is 0 Å². The van der Waals surface area contributed by atoms with Crippen molar-refractivity contribution >= 4 is 0 Å². The summed E-state index contributed by atoms with van der Waals surface area (Å²) < 4.78 is 0. The van der Waals surface area contributed by atoms with E-state index in [-0.39, 0.29) is 6.10 Å². The lowest BCUT2D eigenvalue weighted by Crippen LogP contribution is -2.34. The number of unbranched alkanes of at least 4 members (excludes halogenated alkanes) is 9. The second-order valence-corrected chi connectivity index (χ2v) is 7.72. The maximum atomic E-state index is 9.95. The van der Waals surface area contributed by atoms with E-state index in [9.17, 15) is 5.11 Å². The Morgan fingerprint density at radius 1 is 1.00 bits per heavy atom. The van der Waals surface area contributed by atoms with Crippen molar-refractivity contribution in [2.24, 2.45) is 17.6 Å². The molecule has 3 nitrogen and oxygen atoms in total. The Balaban J connectivity index is 2.05. The highest BCUT2D eigenvalue weighted by Gasteiger charge is 2.39. The van der Waals surface area contributed by atoms with Gasteiger partial charge in [-0.3, -0.25) is 4.90 Å². The van der Waals surface area contributed by atoms with E-state index in [2.05, 4.69) is 18.7 Å². The van der Waals surface area contributed by atoms with Crippen LogP contribution in [0.3, 0.4) is 0 Å². The van der Waals surface area contributed by atoms with Crippen molar-refractivity contribution < 1.29 is 5.11 Å². The van der Waals surface area contributed by atoms with Crippen LogP contribution in [0.1, 0.15) is 85.0 Å². The van der Waals surface area contributed by atoms with Crippen molar-refractivity contribution in [2.45, 2.75) is 97.1 Å². The number of nitrogens with two attached hydrogens (primary N) is 1. The smallest absolute Gasteiger partial charge is 0.0556 e. The molecule has 0 aliphatic carbocycles. The number of hydrogen-bond donors (Lipinski definition) is 2. The summed E-state index contributed by atoms with van der Waals surface area (Å²) >= 11 is 0. The molecule has 1 aliphatic rings. The van der Waals surface area contributed by atoms with Crippen LogP contribution < -0.4 is 5.73 Å². The van der Waals surface area contributed by atoms with Gasteiger partial charge in [-0.15, -0.1) is 0 Å². The summed E-state index contributed by atoms with van der Waals surface area (Å²) in [6.07, 6.45) is 13.7. The molecule has 0 radical (unpaired) electrons. The fourth-order valence-corrected chi connectivity index (χ4v) is 4.18. The molecule has 0 aromatic carbocycles. The lowest BCUT2D eigenvalue weighted by atomic mass is 9.88. The van der Waals surface area contributed by atoms with E-state index < -0.39 is 0 Å². The Bertz CT molecular complexity index is 283. The summed E-state index contributed by atoms with van der Waals surface area (Å²) in [6, 6.07) is 0.526. The predicted octanol–water partition coefficient (Wildman–Crippen LogP) is 4.18. The lowest BCUT2D eigenvalue weighted by Gasteiger charge is -2.24. The van der Waals surface area contributed by atoms with E-state index in [1.165, 1.54) is 70.8 Å². The van der Waals surface area contributed by atoms with Gasteiger partial charge in [0.15, 0.2) is 0 Å². The average molecular weight is 327 g/mol. The molecule has 4 unspecified atom stereocenters. The summed E-state index contributed by atoms with van der Waals surface area (Å²) in [5, 5.41) is 9.95. The molecule has 1 fully saturated rings. The summed E-state index contributed by atoms with van der Waals surface area (Å²) in [5.41, 5.74) is 5.93. The predicted molar refractivity (Wildman–Crippen MR) is 101 cm³/mol. The quantitative estimate of drug-likeness (QED) is 0.499. The van der Waals surface area contributed by atoms with Crippen LogP contribution in [0.5, 0.6) is 0 Å². The summed E-state index contributed by atoms with van der Waals surface area (Å²) in [7, 11) is 0. The number of aliphatic hydroxyl groups excluding tert-OH is 1. The molecule has 0 amide bonds. The molecule has 4 atom stereocenters. The lowest BCUT2D eigenvalue weighted by molar-refractivity contribution is 0.108. The van der Waals surface area contributed by atoms with Crippen molar-refractivity contribution in [2.75, 3.05) is 19.6 Å². The van der Waals surface area contributed by atoms with Crippen LogP contribution in [0.25, 0.3) is 0 Å².